The van der Waals surface area contributed by atoms with Crippen LogP contribution in [-0.4, -0.2) is 11.3 Å². The summed E-state index contributed by atoms with van der Waals surface area (Å²) in [5.41, 5.74) is -0.569. The van der Waals surface area contributed by atoms with Crippen LogP contribution >= 0.6 is 11.8 Å². The van der Waals surface area contributed by atoms with Gasteiger partial charge in [-0.05, 0) is 18.1 Å². The fraction of sp³-hybridized carbons (Fsp3) is 1.00. The molecule has 1 aliphatic rings. The van der Waals surface area contributed by atoms with Crippen molar-refractivity contribution in [3.05, 3.63) is 0 Å². The van der Waals surface area contributed by atoms with Crippen LogP contribution in [0.5, 0.6) is 0 Å². The molecule has 0 aromatic rings. The lowest BCUT2D eigenvalue weighted by molar-refractivity contribution is 0.354. The molecule has 1 rings (SSSR count). The van der Waals surface area contributed by atoms with Gasteiger partial charge in [-0.3, -0.25) is 0 Å². The number of rotatable bonds is 0. The number of thioether (sulfide) groups is 1. The lowest BCUT2D eigenvalue weighted by Crippen LogP contribution is -1.98. The summed E-state index contributed by atoms with van der Waals surface area (Å²) in [4.78, 5) is 0. The summed E-state index contributed by atoms with van der Waals surface area (Å²) in [6.07, 6.45) is 1.06. The van der Waals surface area contributed by atoms with Gasteiger partial charge in [-0.15, -0.1) is 11.8 Å². The molecular weight excluding hydrogens is 111 g/mol. The minimum absolute atomic E-state index is 0.310. The van der Waals surface area contributed by atoms with Crippen molar-refractivity contribution in [2.75, 3.05) is 5.75 Å². The van der Waals surface area contributed by atoms with E-state index in [1.807, 2.05) is 6.92 Å². The largest absolute Gasteiger partial charge is 0.235 e. The van der Waals surface area contributed by atoms with Crippen molar-refractivity contribution in [1.29, 1.82) is 0 Å². The van der Waals surface area contributed by atoms with E-state index in [2.05, 4.69) is 0 Å². The normalized spacial score (nSPS) is 42.0. The van der Waals surface area contributed by atoms with Crippen molar-refractivity contribution in [3.63, 3.8) is 0 Å². The fourth-order valence-corrected chi connectivity index (χ4v) is 1.86. The molecule has 1 saturated heterocycles. The van der Waals surface area contributed by atoms with Gasteiger partial charge in [0.1, 0.15) is 5.50 Å². The highest BCUT2D eigenvalue weighted by atomic mass is 32.2. The molecule has 1 heterocycles. The quantitative estimate of drug-likeness (QED) is 0.471. The topological polar surface area (TPSA) is 0 Å². The van der Waals surface area contributed by atoms with Crippen molar-refractivity contribution in [1.82, 2.24) is 0 Å². The van der Waals surface area contributed by atoms with Crippen LogP contribution in [0.25, 0.3) is 0 Å². The Bertz CT molecular complexity index is 57.1. The highest BCUT2D eigenvalue weighted by Gasteiger charge is 2.22. The van der Waals surface area contributed by atoms with Crippen molar-refractivity contribution in [3.8, 4) is 0 Å². The Labute approximate surface area is 47.5 Å². The van der Waals surface area contributed by atoms with Gasteiger partial charge < -0.3 is 0 Å². The molecule has 0 aliphatic carbocycles. The second kappa shape index (κ2) is 2.03. The summed E-state index contributed by atoms with van der Waals surface area (Å²) >= 11 is 1.44. The van der Waals surface area contributed by atoms with Crippen molar-refractivity contribution in [2.24, 2.45) is 5.92 Å². The van der Waals surface area contributed by atoms with Crippen molar-refractivity contribution < 1.29 is 4.39 Å². The lowest BCUT2D eigenvalue weighted by Gasteiger charge is -1.99. The Balaban J connectivity index is 2.33. The molecule has 0 spiro atoms. The Morgan fingerprint density at radius 3 is 2.57 bits per heavy atom. The molecule has 1 aliphatic heterocycles. The first kappa shape index (κ1) is 5.42. The van der Waals surface area contributed by atoms with Gasteiger partial charge in [-0.2, -0.15) is 0 Å². The number of alkyl halides is 1. The number of hydrogen-bond donors (Lipinski definition) is 0. The molecule has 0 nitrogen and oxygen atoms in total. The zero-order valence-electron chi connectivity index (χ0n) is 4.36. The fourth-order valence-electron chi connectivity index (χ4n) is 0.662. The van der Waals surface area contributed by atoms with Crippen LogP contribution in [0.4, 0.5) is 4.39 Å². The third-order valence-corrected chi connectivity index (χ3v) is 2.55. The van der Waals surface area contributed by atoms with Gasteiger partial charge in [-0.1, -0.05) is 6.92 Å². The zero-order chi connectivity index (χ0) is 5.28. The van der Waals surface area contributed by atoms with Crippen LogP contribution in [0.2, 0.25) is 0 Å². The van der Waals surface area contributed by atoms with Crippen molar-refractivity contribution in [2.45, 2.75) is 18.8 Å². The Kier molecular flexibility index (Phi) is 1.57. The molecular formula is C5H9FS. The first-order chi connectivity index (χ1) is 3.30. The molecule has 2 atom stereocenters. The van der Waals surface area contributed by atoms with Gasteiger partial charge in [0.15, 0.2) is 0 Å². The van der Waals surface area contributed by atoms with E-state index in [0.717, 1.165) is 12.2 Å². The molecule has 0 saturated carbocycles. The first-order valence-electron chi connectivity index (χ1n) is 2.56. The molecule has 0 N–H and O–H groups in total. The van der Waals surface area contributed by atoms with Gasteiger partial charge in [-0.25, -0.2) is 4.39 Å². The van der Waals surface area contributed by atoms with Gasteiger partial charge in [0.05, 0.1) is 0 Å². The molecule has 1 fully saturated rings. The maximum absolute atomic E-state index is 12.3. The predicted molar refractivity (Wildman–Crippen MR) is 31.1 cm³/mol. The monoisotopic (exact) mass is 120 g/mol. The molecule has 0 radical (unpaired) electrons. The first-order valence-corrected chi connectivity index (χ1v) is 3.61. The summed E-state index contributed by atoms with van der Waals surface area (Å²) in [5.74, 6) is 1.33. The smallest absolute Gasteiger partial charge is 0.148 e. The Hall–Kier alpha value is 0.280. The summed E-state index contributed by atoms with van der Waals surface area (Å²) in [6, 6.07) is 0. The predicted octanol–water partition coefficient (Wildman–Crippen LogP) is 2.06. The van der Waals surface area contributed by atoms with Crippen LogP contribution in [0.3, 0.4) is 0 Å². The van der Waals surface area contributed by atoms with E-state index in [4.69, 9.17) is 0 Å². The van der Waals surface area contributed by atoms with E-state index in [1.54, 1.807) is 0 Å². The van der Waals surface area contributed by atoms with Crippen molar-refractivity contribution >= 4 is 11.8 Å². The zero-order valence-corrected chi connectivity index (χ0v) is 5.17. The highest BCUT2D eigenvalue weighted by molar-refractivity contribution is 8.00. The molecule has 0 aromatic carbocycles. The van der Waals surface area contributed by atoms with Gasteiger partial charge in [0.2, 0.25) is 0 Å². The standard InChI is InChI=1S/C5H9FS/c1-4-2-3-7-5(4)6/h4-5H,2-3H2,1H3. The summed E-state index contributed by atoms with van der Waals surface area (Å²) in [6.45, 7) is 1.96. The second-order valence-electron chi connectivity index (χ2n) is 1.99. The minimum atomic E-state index is -0.569. The molecule has 7 heavy (non-hydrogen) atoms. The molecule has 0 aromatic heterocycles. The Morgan fingerprint density at radius 2 is 2.43 bits per heavy atom. The summed E-state index contributed by atoms with van der Waals surface area (Å²) in [7, 11) is 0. The summed E-state index contributed by atoms with van der Waals surface area (Å²) < 4.78 is 12.3. The molecule has 0 amide bonds. The maximum Gasteiger partial charge on any atom is 0.148 e. The van der Waals surface area contributed by atoms with Gasteiger partial charge >= 0.3 is 0 Å². The van der Waals surface area contributed by atoms with E-state index < -0.39 is 5.50 Å². The molecule has 2 unspecified atom stereocenters. The summed E-state index contributed by atoms with van der Waals surface area (Å²) in [5, 5.41) is 0. The van der Waals surface area contributed by atoms with Crippen LogP contribution in [-0.2, 0) is 0 Å². The average Bonchev–Trinajstić information content (AvgIpc) is 1.91. The SMILES string of the molecule is CC1CCSC1F. The third kappa shape index (κ3) is 1.09. The lowest BCUT2D eigenvalue weighted by atomic mass is 10.1. The molecule has 2 heteroatoms. The van der Waals surface area contributed by atoms with E-state index in [9.17, 15) is 4.39 Å². The highest BCUT2D eigenvalue weighted by Crippen LogP contribution is 2.32. The third-order valence-electron chi connectivity index (χ3n) is 1.30. The van der Waals surface area contributed by atoms with E-state index in [1.165, 1.54) is 11.8 Å². The molecule has 42 valence electrons. The average molecular weight is 120 g/mol. The van der Waals surface area contributed by atoms with E-state index >= 15 is 0 Å². The van der Waals surface area contributed by atoms with Crippen LogP contribution < -0.4 is 0 Å². The van der Waals surface area contributed by atoms with Crippen LogP contribution in [0.15, 0.2) is 0 Å². The van der Waals surface area contributed by atoms with Crippen LogP contribution in [0.1, 0.15) is 13.3 Å². The van der Waals surface area contributed by atoms with Gasteiger partial charge in [0, 0.05) is 0 Å². The minimum Gasteiger partial charge on any atom is -0.235 e. The van der Waals surface area contributed by atoms with E-state index in [-0.39, 0.29) is 0 Å². The van der Waals surface area contributed by atoms with Gasteiger partial charge in [0.25, 0.3) is 0 Å². The maximum atomic E-state index is 12.3. The van der Waals surface area contributed by atoms with E-state index in [0.29, 0.717) is 5.92 Å². The number of halogens is 1. The second-order valence-corrected chi connectivity index (χ2v) is 3.18. The molecule has 0 bridgehead atoms. The van der Waals surface area contributed by atoms with Crippen LogP contribution in [0, 0.1) is 5.92 Å². The Morgan fingerprint density at radius 1 is 1.71 bits per heavy atom. The number of hydrogen-bond acceptors (Lipinski definition) is 1.